The molecular weight excluding hydrogens is 268 g/mol. The monoisotopic (exact) mass is 294 g/mol. The fourth-order valence-electron chi connectivity index (χ4n) is 3.24. The van der Waals surface area contributed by atoms with Crippen LogP contribution in [0.4, 0.5) is 5.82 Å². The van der Waals surface area contributed by atoms with Crippen LogP contribution in [0.5, 0.6) is 0 Å². The highest BCUT2D eigenvalue weighted by atomic mass is 32.1. The summed E-state index contributed by atoms with van der Waals surface area (Å²) in [4.78, 5) is 0.424. The van der Waals surface area contributed by atoms with Crippen molar-refractivity contribution in [3.63, 3.8) is 0 Å². The number of hydrogen-bond acceptors (Lipinski definition) is 3. The standard InChI is InChI=1S/C15H26N4S/c1-4-11-5-7-12(8-6-11)9-17-15-13(14(16)20)10(2)18-19(15)3/h11-12,17H,4-9H2,1-3H3,(H2,16,20). The average molecular weight is 294 g/mol. The van der Waals surface area contributed by atoms with Crippen molar-refractivity contribution in [2.75, 3.05) is 11.9 Å². The number of aromatic nitrogens is 2. The van der Waals surface area contributed by atoms with Crippen LogP contribution in [-0.4, -0.2) is 21.3 Å². The number of nitrogens with two attached hydrogens (primary N) is 1. The van der Waals surface area contributed by atoms with Gasteiger partial charge in [0.2, 0.25) is 0 Å². The average Bonchev–Trinajstić information content (AvgIpc) is 2.71. The van der Waals surface area contributed by atoms with Gasteiger partial charge in [-0.2, -0.15) is 5.10 Å². The Hall–Kier alpha value is -1.10. The molecule has 112 valence electrons. The van der Waals surface area contributed by atoms with Gasteiger partial charge in [0.15, 0.2) is 0 Å². The van der Waals surface area contributed by atoms with Crippen LogP contribution in [0.3, 0.4) is 0 Å². The van der Waals surface area contributed by atoms with Crippen molar-refractivity contribution in [2.24, 2.45) is 24.6 Å². The summed E-state index contributed by atoms with van der Waals surface area (Å²) in [7, 11) is 1.94. The van der Waals surface area contributed by atoms with Crippen LogP contribution >= 0.6 is 12.2 Å². The lowest BCUT2D eigenvalue weighted by Crippen LogP contribution is -2.23. The van der Waals surface area contributed by atoms with Crippen LogP contribution in [0.25, 0.3) is 0 Å². The highest BCUT2D eigenvalue weighted by Gasteiger charge is 2.21. The molecular formula is C15H26N4S. The van der Waals surface area contributed by atoms with E-state index in [-0.39, 0.29) is 0 Å². The zero-order valence-corrected chi connectivity index (χ0v) is 13.6. The third kappa shape index (κ3) is 3.32. The summed E-state index contributed by atoms with van der Waals surface area (Å²) in [6, 6.07) is 0. The Morgan fingerprint density at radius 2 is 1.95 bits per heavy atom. The summed E-state index contributed by atoms with van der Waals surface area (Å²) in [5.74, 6) is 2.66. The topological polar surface area (TPSA) is 55.9 Å². The van der Waals surface area contributed by atoms with E-state index in [0.29, 0.717) is 4.99 Å². The molecule has 0 atom stereocenters. The molecule has 3 N–H and O–H groups in total. The smallest absolute Gasteiger partial charge is 0.134 e. The molecule has 0 unspecified atom stereocenters. The summed E-state index contributed by atoms with van der Waals surface area (Å²) < 4.78 is 1.85. The Morgan fingerprint density at radius 3 is 2.50 bits per heavy atom. The molecule has 1 saturated carbocycles. The molecule has 0 spiro atoms. The molecule has 1 fully saturated rings. The van der Waals surface area contributed by atoms with Crippen LogP contribution in [-0.2, 0) is 7.05 Å². The Labute approximate surface area is 127 Å². The van der Waals surface area contributed by atoms with Gasteiger partial charge in [0.25, 0.3) is 0 Å². The summed E-state index contributed by atoms with van der Waals surface area (Å²) in [6.07, 6.45) is 6.72. The molecule has 1 aromatic heterocycles. The lowest BCUT2D eigenvalue weighted by atomic mass is 9.81. The molecule has 1 heterocycles. The molecule has 0 amide bonds. The number of nitrogens with zero attached hydrogens (tertiary/aromatic N) is 2. The zero-order chi connectivity index (χ0) is 14.7. The molecule has 5 heteroatoms. The molecule has 0 bridgehead atoms. The fraction of sp³-hybridized carbons (Fsp3) is 0.733. The van der Waals surface area contributed by atoms with E-state index in [1.807, 2.05) is 18.7 Å². The second-order valence-corrected chi connectivity index (χ2v) is 6.41. The first-order valence-corrected chi connectivity index (χ1v) is 8.01. The van der Waals surface area contributed by atoms with Gasteiger partial charge in [0.1, 0.15) is 10.8 Å². The maximum atomic E-state index is 5.81. The Kier molecular flexibility index (Phi) is 5.02. The van der Waals surface area contributed by atoms with Gasteiger partial charge in [-0.05, 0) is 31.6 Å². The van der Waals surface area contributed by atoms with Gasteiger partial charge < -0.3 is 11.1 Å². The molecule has 1 aliphatic rings. The molecule has 20 heavy (non-hydrogen) atoms. The van der Waals surface area contributed by atoms with Gasteiger partial charge in [-0.3, -0.25) is 4.68 Å². The van der Waals surface area contributed by atoms with Crippen molar-refractivity contribution >= 4 is 23.0 Å². The second kappa shape index (κ2) is 6.57. The van der Waals surface area contributed by atoms with Gasteiger partial charge in [0.05, 0.1) is 11.3 Å². The van der Waals surface area contributed by atoms with Crippen molar-refractivity contribution in [1.29, 1.82) is 0 Å². The van der Waals surface area contributed by atoms with Crippen molar-refractivity contribution in [2.45, 2.75) is 46.0 Å². The van der Waals surface area contributed by atoms with Crippen molar-refractivity contribution in [3.05, 3.63) is 11.3 Å². The van der Waals surface area contributed by atoms with Crippen molar-refractivity contribution < 1.29 is 0 Å². The van der Waals surface area contributed by atoms with Crippen LogP contribution in [0, 0.1) is 18.8 Å². The molecule has 0 radical (unpaired) electrons. The first kappa shape index (κ1) is 15.3. The summed E-state index contributed by atoms with van der Waals surface area (Å²) in [5, 5.41) is 7.93. The Bertz CT molecular complexity index is 472. The molecule has 0 aliphatic heterocycles. The normalized spacial score (nSPS) is 22.8. The predicted octanol–water partition coefficient (Wildman–Crippen LogP) is 2.99. The molecule has 0 aromatic carbocycles. The highest BCUT2D eigenvalue weighted by molar-refractivity contribution is 7.80. The number of aryl methyl sites for hydroxylation is 2. The van der Waals surface area contributed by atoms with Gasteiger partial charge in [-0.25, -0.2) is 0 Å². The van der Waals surface area contributed by atoms with E-state index in [1.165, 1.54) is 32.1 Å². The summed E-state index contributed by atoms with van der Waals surface area (Å²) in [5.41, 5.74) is 7.61. The summed E-state index contributed by atoms with van der Waals surface area (Å²) in [6.45, 7) is 5.24. The van der Waals surface area contributed by atoms with E-state index < -0.39 is 0 Å². The Morgan fingerprint density at radius 1 is 1.35 bits per heavy atom. The maximum Gasteiger partial charge on any atom is 0.134 e. The van der Waals surface area contributed by atoms with Crippen LogP contribution < -0.4 is 11.1 Å². The predicted molar refractivity (Wildman–Crippen MR) is 88.1 cm³/mol. The maximum absolute atomic E-state index is 5.81. The molecule has 2 rings (SSSR count). The minimum absolute atomic E-state index is 0.424. The van der Waals surface area contributed by atoms with E-state index in [1.54, 1.807) is 0 Å². The van der Waals surface area contributed by atoms with Crippen molar-refractivity contribution in [3.8, 4) is 0 Å². The van der Waals surface area contributed by atoms with Crippen LogP contribution in [0.15, 0.2) is 0 Å². The molecule has 0 saturated heterocycles. The fourth-order valence-corrected chi connectivity index (χ4v) is 3.49. The van der Waals surface area contributed by atoms with Gasteiger partial charge in [-0.1, -0.05) is 38.4 Å². The number of hydrogen-bond donors (Lipinski definition) is 2. The second-order valence-electron chi connectivity index (χ2n) is 5.97. The Balaban J connectivity index is 1.96. The highest BCUT2D eigenvalue weighted by Crippen LogP contribution is 2.31. The molecule has 4 nitrogen and oxygen atoms in total. The largest absolute Gasteiger partial charge is 0.389 e. The van der Waals surface area contributed by atoms with E-state index >= 15 is 0 Å². The number of thiocarbonyl (C=S) groups is 1. The van der Waals surface area contributed by atoms with Gasteiger partial charge >= 0.3 is 0 Å². The van der Waals surface area contributed by atoms with Crippen molar-refractivity contribution in [1.82, 2.24) is 9.78 Å². The lowest BCUT2D eigenvalue weighted by Gasteiger charge is -2.28. The van der Waals surface area contributed by atoms with E-state index in [2.05, 4.69) is 17.3 Å². The van der Waals surface area contributed by atoms with E-state index in [4.69, 9.17) is 18.0 Å². The third-order valence-electron chi connectivity index (χ3n) is 4.57. The van der Waals surface area contributed by atoms with Crippen LogP contribution in [0.1, 0.15) is 50.3 Å². The SMILES string of the molecule is CCC1CCC(CNc2c(C(N)=S)c(C)nn2C)CC1. The number of anilines is 1. The first-order valence-electron chi connectivity index (χ1n) is 7.60. The quantitative estimate of drug-likeness (QED) is 0.820. The summed E-state index contributed by atoms with van der Waals surface area (Å²) >= 11 is 5.14. The zero-order valence-electron chi connectivity index (χ0n) is 12.8. The minimum atomic E-state index is 0.424. The van der Waals surface area contributed by atoms with Gasteiger partial charge in [0, 0.05) is 13.6 Å². The van der Waals surface area contributed by atoms with E-state index in [0.717, 1.165) is 35.5 Å². The van der Waals surface area contributed by atoms with Crippen LogP contribution in [0.2, 0.25) is 0 Å². The lowest BCUT2D eigenvalue weighted by molar-refractivity contribution is 0.278. The molecule has 1 aliphatic carbocycles. The number of rotatable bonds is 5. The molecule has 1 aromatic rings. The minimum Gasteiger partial charge on any atom is -0.389 e. The third-order valence-corrected chi connectivity index (χ3v) is 4.77. The van der Waals surface area contributed by atoms with Gasteiger partial charge in [-0.15, -0.1) is 0 Å². The van der Waals surface area contributed by atoms with E-state index in [9.17, 15) is 0 Å². The number of nitrogens with one attached hydrogen (secondary N) is 1. The first-order chi connectivity index (χ1) is 9.52.